The van der Waals surface area contributed by atoms with E-state index in [9.17, 15) is 0 Å². The molecule has 2 heterocycles. The quantitative estimate of drug-likeness (QED) is 0.320. The van der Waals surface area contributed by atoms with Crippen molar-refractivity contribution in [2.24, 2.45) is 0 Å². The van der Waals surface area contributed by atoms with Crippen LogP contribution in [0.5, 0.6) is 0 Å². The molecule has 0 aliphatic carbocycles. The second-order valence-corrected chi connectivity index (χ2v) is 9.42. The number of tetrazole rings is 1. The molecule has 5 nitrogen and oxygen atoms in total. The molecule has 3 aromatic carbocycles. The predicted molar refractivity (Wildman–Crippen MR) is 134 cm³/mol. The second kappa shape index (κ2) is 9.38. The first-order chi connectivity index (χ1) is 16.2. The molecular formula is C27H25N5S. The molecule has 0 aliphatic rings. The summed E-state index contributed by atoms with van der Waals surface area (Å²) in [4.78, 5) is 2.42. The van der Waals surface area contributed by atoms with E-state index in [1.54, 1.807) is 11.3 Å². The van der Waals surface area contributed by atoms with Crippen molar-refractivity contribution >= 4 is 17.0 Å². The van der Waals surface area contributed by atoms with E-state index in [2.05, 4.69) is 120 Å². The van der Waals surface area contributed by atoms with Crippen LogP contribution < -0.4 is 5.32 Å². The van der Waals surface area contributed by atoms with Gasteiger partial charge in [0.1, 0.15) is 12.1 Å². The minimum Gasteiger partial charge on any atom is -0.371 e. The van der Waals surface area contributed by atoms with Crippen LogP contribution in [0.15, 0.2) is 97.1 Å². The van der Waals surface area contributed by atoms with Crippen LogP contribution >= 0.6 is 11.3 Å². The third kappa shape index (κ3) is 4.56. The summed E-state index contributed by atoms with van der Waals surface area (Å²) in [6.07, 6.45) is 0. The molecule has 0 amide bonds. The van der Waals surface area contributed by atoms with Crippen molar-refractivity contribution in [1.82, 2.24) is 20.2 Å². The Morgan fingerprint density at radius 1 is 0.758 bits per heavy atom. The minimum absolute atomic E-state index is 0.138. The summed E-state index contributed by atoms with van der Waals surface area (Å²) in [7, 11) is 0. The van der Waals surface area contributed by atoms with Crippen LogP contribution in [0, 0.1) is 13.8 Å². The molecule has 6 heteroatoms. The van der Waals surface area contributed by atoms with Crippen LogP contribution in [0.2, 0.25) is 0 Å². The standard InChI is InChI=1S/C27H25N5S/c1-19-13-16-23(17-14-19)28-25(24-18-15-20(2)33-24)27-29-30-31-32(27)26(21-9-5-3-6-10-21)22-11-7-4-8-12-22/h3-18,25-26,28H,1-2H3/t25-/m1/s1. The lowest BCUT2D eigenvalue weighted by molar-refractivity contribution is 0.541. The molecule has 5 aromatic rings. The zero-order valence-electron chi connectivity index (χ0n) is 18.6. The van der Waals surface area contributed by atoms with Crippen LogP contribution in [0.25, 0.3) is 0 Å². The molecule has 2 aromatic heterocycles. The molecule has 0 saturated heterocycles. The number of nitrogens with zero attached hydrogens (tertiary/aromatic N) is 4. The second-order valence-electron chi connectivity index (χ2n) is 8.10. The van der Waals surface area contributed by atoms with Gasteiger partial charge in [-0.25, -0.2) is 4.68 Å². The van der Waals surface area contributed by atoms with E-state index in [4.69, 9.17) is 0 Å². The highest BCUT2D eigenvalue weighted by Gasteiger charge is 2.28. The maximum atomic E-state index is 4.53. The van der Waals surface area contributed by atoms with E-state index in [0.717, 1.165) is 22.6 Å². The van der Waals surface area contributed by atoms with Crippen molar-refractivity contribution in [3.63, 3.8) is 0 Å². The molecular weight excluding hydrogens is 426 g/mol. The number of aryl methyl sites for hydroxylation is 2. The molecule has 0 saturated carbocycles. The lowest BCUT2D eigenvalue weighted by Crippen LogP contribution is -2.22. The molecule has 5 rings (SSSR count). The smallest absolute Gasteiger partial charge is 0.180 e. The molecule has 0 spiro atoms. The fraction of sp³-hybridized carbons (Fsp3) is 0.148. The van der Waals surface area contributed by atoms with Crippen LogP contribution in [0.1, 0.15) is 44.4 Å². The first kappa shape index (κ1) is 21.1. The van der Waals surface area contributed by atoms with E-state index < -0.39 is 0 Å². The Morgan fingerprint density at radius 2 is 1.39 bits per heavy atom. The normalized spacial score (nSPS) is 12.1. The maximum Gasteiger partial charge on any atom is 0.180 e. The van der Waals surface area contributed by atoms with Crippen LogP contribution in [-0.4, -0.2) is 20.2 Å². The van der Waals surface area contributed by atoms with Gasteiger partial charge < -0.3 is 5.32 Å². The number of nitrogens with one attached hydrogen (secondary N) is 1. The molecule has 33 heavy (non-hydrogen) atoms. The zero-order chi connectivity index (χ0) is 22.6. The van der Waals surface area contributed by atoms with E-state index >= 15 is 0 Å². The highest BCUT2D eigenvalue weighted by molar-refractivity contribution is 7.12. The van der Waals surface area contributed by atoms with Crippen molar-refractivity contribution in [1.29, 1.82) is 0 Å². The zero-order valence-corrected chi connectivity index (χ0v) is 19.4. The average molecular weight is 452 g/mol. The lowest BCUT2D eigenvalue weighted by Gasteiger charge is -2.23. The first-order valence-electron chi connectivity index (χ1n) is 11.0. The minimum atomic E-state index is -0.184. The summed E-state index contributed by atoms with van der Waals surface area (Å²) in [6, 6.07) is 33.2. The van der Waals surface area contributed by atoms with Gasteiger partial charge in [-0.15, -0.1) is 16.4 Å². The number of anilines is 1. The summed E-state index contributed by atoms with van der Waals surface area (Å²) < 4.78 is 1.95. The fourth-order valence-electron chi connectivity index (χ4n) is 4.01. The third-order valence-corrected chi connectivity index (χ3v) is 6.73. The summed E-state index contributed by atoms with van der Waals surface area (Å²) >= 11 is 1.76. The Bertz CT molecular complexity index is 1270. The molecule has 0 radical (unpaired) electrons. The molecule has 164 valence electrons. The van der Waals surface area contributed by atoms with Gasteiger partial charge in [-0.3, -0.25) is 0 Å². The van der Waals surface area contributed by atoms with Crippen molar-refractivity contribution in [3.8, 4) is 0 Å². The first-order valence-corrected chi connectivity index (χ1v) is 11.8. The van der Waals surface area contributed by atoms with Crippen LogP contribution in [-0.2, 0) is 0 Å². The number of aromatic nitrogens is 4. The lowest BCUT2D eigenvalue weighted by atomic mass is 9.98. The summed E-state index contributed by atoms with van der Waals surface area (Å²) in [6.45, 7) is 4.21. The van der Waals surface area contributed by atoms with Crippen molar-refractivity contribution in [2.45, 2.75) is 25.9 Å². The van der Waals surface area contributed by atoms with Gasteiger partial charge in [-0.05, 0) is 59.7 Å². The summed E-state index contributed by atoms with van der Waals surface area (Å²) in [5.74, 6) is 0.773. The Kier molecular flexibility index (Phi) is 6.00. The highest BCUT2D eigenvalue weighted by Crippen LogP contribution is 2.34. The summed E-state index contributed by atoms with van der Waals surface area (Å²) in [5.41, 5.74) is 4.52. The largest absolute Gasteiger partial charge is 0.371 e. The van der Waals surface area contributed by atoms with Crippen LogP contribution in [0.3, 0.4) is 0 Å². The van der Waals surface area contributed by atoms with Gasteiger partial charge in [0.2, 0.25) is 0 Å². The Balaban J connectivity index is 1.63. The number of rotatable bonds is 7. The Hall–Kier alpha value is -3.77. The average Bonchev–Trinajstić information content (AvgIpc) is 3.50. The van der Waals surface area contributed by atoms with Crippen molar-refractivity contribution < 1.29 is 0 Å². The topological polar surface area (TPSA) is 55.6 Å². The van der Waals surface area contributed by atoms with Gasteiger partial charge in [0.05, 0.1) is 0 Å². The number of benzene rings is 3. The SMILES string of the molecule is Cc1ccc(N[C@H](c2ccc(C)s2)c2nnnn2C(c2ccccc2)c2ccccc2)cc1. The number of thiophene rings is 1. The molecule has 1 N–H and O–H groups in total. The van der Waals surface area contributed by atoms with Gasteiger partial charge in [0.15, 0.2) is 5.82 Å². The fourth-order valence-corrected chi connectivity index (χ4v) is 4.93. The van der Waals surface area contributed by atoms with Crippen LogP contribution in [0.4, 0.5) is 5.69 Å². The van der Waals surface area contributed by atoms with E-state index in [-0.39, 0.29) is 12.1 Å². The Labute approximate surface area is 197 Å². The summed E-state index contributed by atoms with van der Waals surface area (Å²) in [5, 5.41) is 16.8. The molecule has 1 atom stereocenters. The van der Waals surface area contributed by atoms with Crippen molar-refractivity contribution in [2.75, 3.05) is 5.32 Å². The van der Waals surface area contributed by atoms with Gasteiger partial charge in [0.25, 0.3) is 0 Å². The molecule has 0 aliphatic heterocycles. The monoisotopic (exact) mass is 451 g/mol. The highest BCUT2D eigenvalue weighted by atomic mass is 32.1. The molecule has 0 fully saturated rings. The van der Waals surface area contributed by atoms with E-state index in [1.165, 1.54) is 15.3 Å². The van der Waals surface area contributed by atoms with Crippen molar-refractivity contribution in [3.05, 3.63) is 129 Å². The maximum absolute atomic E-state index is 4.53. The number of hydrogen-bond donors (Lipinski definition) is 1. The van der Waals surface area contributed by atoms with Gasteiger partial charge in [0, 0.05) is 15.4 Å². The Morgan fingerprint density at radius 3 is 1.97 bits per heavy atom. The van der Waals surface area contributed by atoms with E-state index in [0.29, 0.717) is 0 Å². The number of hydrogen-bond acceptors (Lipinski definition) is 5. The predicted octanol–water partition coefficient (Wildman–Crippen LogP) is 6.19. The van der Waals surface area contributed by atoms with E-state index in [1.807, 2.05) is 16.8 Å². The van der Waals surface area contributed by atoms with Gasteiger partial charge >= 0.3 is 0 Å². The molecule has 0 unspecified atom stereocenters. The third-order valence-electron chi connectivity index (χ3n) is 5.66. The van der Waals surface area contributed by atoms with Gasteiger partial charge in [-0.2, -0.15) is 0 Å². The van der Waals surface area contributed by atoms with Gasteiger partial charge in [-0.1, -0.05) is 78.4 Å². The molecule has 0 bridgehead atoms.